The maximum absolute atomic E-state index is 12.3. The summed E-state index contributed by atoms with van der Waals surface area (Å²) in [7, 11) is 1.95. The van der Waals surface area contributed by atoms with Crippen molar-refractivity contribution in [1.82, 2.24) is 15.2 Å². The van der Waals surface area contributed by atoms with Gasteiger partial charge in [0.2, 0.25) is 5.91 Å². The number of amides is 1. The normalized spacial score (nSPS) is 24.5. The molecule has 6 heteroatoms. The first kappa shape index (κ1) is 15.8. The van der Waals surface area contributed by atoms with Crippen LogP contribution in [0.2, 0.25) is 0 Å². The third-order valence-corrected chi connectivity index (χ3v) is 6.40. The van der Waals surface area contributed by atoms with Crippen molar-refractivity contribution in [2.24, 2.45) is 5.92 Å². The quantitative estimate of drug-likeness (QED) is 0.925. The number of benzene rings is 1. The summed E-state index contributed by atoms with van der Waals surface area (Å²) in [5, 5.41) is 4.30. The maximum Gasteiger partial charge on any atom is 0.222 e. The van der Waals surface area contributed by atoms with Gasteiger partial charge in [-0.2, -0.15) is 0 Å². The lowest BCUT2D eigenvalue weighted by Gasteiger charge is -2.47. The fourth-order valence-electron chi connectivity index (χ4n) is 4.04. The second-order valence-corrected chi connectivity index (χ2v) is 7.76. The van der Waals surface area contributed by atoms with Crippen LogP contribution in [0.5, 0.6) is 0 Å². The Labute approximate surface area is 146 Å². The summed E-state index contributed by atoms with van der Waals surface area (Å²) in [5.74, 6) is 0.903. The standard InChI is InChI=1S/C18H24N4OS/c1-19-9-11-22-15-8-10-21(12-13(15)6-7-17(22)23)18-20-14-4-2-3-5-16(14)24-18/h2-5,13,15,19H,6-12H2,1H3/t13-,15+/m1/s1. The SMILES string of the molecule is CNCCN1C(=O)CC[C@@H]2CN(c3nc4ccccc4s3)CC[C@@H]21. The van der Waals surface area contributed by atoms with Gasteiger partial charge in [-0.3, -0.25) is 4.79 Å². The van der Waals surface area contributed by atoms with E-state index in [4.69, 9.17) is 4.98 Å². The predicted molar refractivity (Wildman–Crippen MR) is 98.6 cm³/mol. The van der Waals surface area contributed by atoms with Crippen molar-refractivity contribution >= 4 is 32.6 Å². The molecule has 128 valence electrons. The number of anilines is 1. The average Bonchev–Trinajstić information content (AvgIpc) is 3.05. The molecule has 2 fully saturated rings. The topological polar surface area (TPSA) is 48.5 Å². The number of carbonyl (C=O) groups excluding carboxylic acids is 1. The molecule has 0 spiro atoms. The Morgan fingerprint density at radius 3 is 3.04 bits per heavy atom. The van der Waals surface area contributed by atoms with Crippen LogP contribution in [0.25, 0.3) is 10.2 Å². The van der Waals surface area contributed by atoms with Crippen molar-refractivity contribution in [2.45, 2.75) is 25.3 Å². The molecule has 1 N–H and O–H groups in total. The zero-order chi connectivity index (χ0) is 16.5. The molecular formula is C18H24N4OS. The van der Waals surface area contributed by atoms with Crippen molar-refractivity contribution in [3.63, 3.8) is 0 Å². The highest BCUT2D eigenvalue weighted by Crippen LogP contribution is 2.36. The number of hydrogen-bond donors (Lipinski definition) is 1. The van der Waals surface area contributed by atoms with E-state index in [0.717, 1.165) is 49.7 Å². The Morgan fingerprint density at radius 1 is 1.33 bits per heavy atom. The van der Waals surface area contributed by atoms with Gasteiger partial charge in [0.1, 0.15) is 0 Å². The summed E-state index contributed by atoms with van der Waals surface area (Å²) < 4.78 is 1.25. The van der Waals surface area contributed by atoms with Gasteiger partial charge in [-0.25, -0.2) is 4.98 Å². The Balaban J connectivity index is 1.50. The van der Waals surface area contributed by atoms with Gasteiger partial charge in [0.15, 0.2) is 5.13 Å². The zero-order valence-electron chi connectivity index (χ0n) is 14.1. The third kappa shape index (κ3) is 2.89. The molecule has 5 nitrogen and oxygen atoms in total. The number of hydrogen-bond acceptors (Lipinski definition) is 5. The van der Waals surface area contributed by atoms with Gasteiger partial charge >= 0.3 is 0 Å². The average molecular weight is 344 g/mol. The van der Waals surface area contributed by atoms with Crippen LogP contribution in [0.15, 0.2) is 24.3 Å². The molecule has 3 heterocycles. The minimum absolute atomic E-state index is 0.333. The van der Waals surface area contributed by atoms with Crippen LogP contribution < -0.4 is 10.2 Å². The molecule has 2 aliphatic heterocycles. The summed E-state index contributed by atoms with van der Waals surface area (Å²) in [6.45, 7) is 3.71. The van der Waals surface area contributed by atoms with Gasteiger partial charge in [-0.05, 0) is 37.9 Å². The maximum atomic E-state index is 12.3. The van der Waals surface area contributed by atoms with E-state index in [0.29, 0.717) is 24.3 Å². The second-order valence-electron chi connectivity index (χ2n) is 6.76. The predicted octanol–water partition coefficient (Wildman–Crippen LogP) is 2.33. The van der Waals surface area contributed by atoms with Gasteiger partial charge in [-0.1, -0.05) is 23.5 Å². The molecule has 0 bridgehead atoms. The molecule has 24 heavy (non-hydrogen) atoms. The number of para-hydroxylation sites is 1. The summed E-state index contributed by atoms with van der Waals surface area (Å²) in [6, 6.07) is 8.75. The molecule has 0 aliphatic carbocycles. The number of nitrogens with zero attached hydrogens (tertiary/aromatic N) is 3. The largest absolute Gasteiger partial charge is 0.348 e. The van der Waals surface area contributed by atoms with Crippen LogP contribution in [0.1, 0.15) is 19.3 Å². The van der Waals surface area contributed by atoms with Crippen molar-refractivity contribution in [2.75, 3.05) is 38.1 Å². The first-order valence-electron chi connectivity index (χ1n) is 8.81. The third-order valence-electron chi connectivity index (χ3n) is 5.30. The molecule has 1 aromatic heterocycles. The zero-order valence-corrected chi connectivity index (χ0v) is 14.9. The summed E-state index contributed by atoms with van der Waals surface area (Å²) in [5.41, 5.74) is 1.09. The van der Waals surface area contributed by atoms with Crippen molar-refractivity contribution in [3.8, 4) is 0 Å². The highest BCUT2D eigenvalue weighted by atomic mass is 32.1. The molecule has 0 radical (unpaired) electrons. The van der Waals surface area contributed by atoms with E-state index in [-0.39, 0.29) is 0 Å². The Hall–Kier alpha value is -1.66. The summed E-state index contributed by atoms with van der Waals surface area (Å²) in [4.78, 5) is 21.7. The fourth-order valence-corrected chi connectivity index (χ4v) is 5.04. The van der Waals surface area contributed by atoms with E-state index in [1.807, 2.05) is 13.1 Å². The van der Waals surface area contributed by atoms with Crippen LogP contribution in [0, 0.1) is 5.92 Å². The lowest BCUT2D eigenvalue weighted by Crippen LogP contribution is -2.57. The summed E-state index contributed by atoms with van der Waals surface area (Å²) >= 11 is 1.78. The minimum atomic E-state index is 0.333. The van der Waals surface area contributed by atoms with E-state index in [9.17, 15) is 4.79 Å². The fraction of sp³-hybridized carbons (Fsp3) is 0.556. The van der Waals surface area contributed by atoms with Crippen LogP contribution in [0.4, 0.5) is 5.13 Å². The number of fused-ring (bicyclic) bond motifs is 2. The van der Waals surface area contributed by atoms with Gasteiger partial charge in [0, 0.05) is 38.6 Å². The number of likely N-dealkylation sites (tertiary alicyclic amines) is 1. The van der Waals surface area contributed by atoms with Crippen LogP contribution in [-0.4, -0.2) is 55.1 Å². The molecule has 4 rings (SSSR count). The highest BCUT2D eigenvalue weighted by molar-refractivity contribution is 7.22. The molecule has 2 saturated heterocycles. The highest BCUT2D eigenvalue weighted by Gasteiger charge is 2.39. The number of thiazole rings is 1. The lowest BCUT2D eigenvalue weighted by molar-refractivity contribution is -0.139. The molecule has 2 aliphatic rings. The molecule has 0 unspecified atom stereocenters. The molecular weight excluding hydrogens is 320 g/mol. The molecule has 1 amide bonds. The Kier molecular flexibility index (Phi) is 4.41. The number of nitrogens with one attached hydrogen (secondary N) is 1. The van der Waals surface area contributed by atoms with E-state index < -0.39 is 0 Å². The van der Waals surface area contributed by atoms with Crippen LogP contribution in [0.3, 0.4) is 0 Å². The number of rotatable bonds is 4. The van der Waals surface area contributed by atoms with Gasteiger partial charge in [0.25, 0.3) is 0 Å². The number of aromatic nitrogens is 1. The van der Waals surface area contributed by atoms with Crippen molar-refractivity contribution in [1.29, 1.82) is 0 Å². The number of piperidine rings is 2. The second kappa shape index (κ2) is 6.69. The van der Waals surface area contributed by atoms with Crippen molar-refractivity contribution < 1.29 is 4.79 Å². The molecule has 2 atom stereocenters. The van der Waals surface area contributed by atoms with E-state index in [1.54, 1.807) is 11.3 Å². The van der Waals surface area contributed by atoms with Crippen LogP contribution >= 0.6 is 11.3 Å². The minimum Gasteiger partial charge on any atom is -0.348 e. The Bertz CT molecular complexity index is 698. The number of carbonyl (C=O) groups is 1. The summed E-state index contributed by atoms with van der Waals surface area (Å²) in [6.07, 6.45) is 2.76. The van der Waals surface area contributed by atoms with E-state index in [2.05, 4.69) is 33.3 Å². The van der Waals surface area contributed by atoms with Gasteiger partial charge in [0.05, 0.1) is 10.2 Å². The first-order chi connectivity index (χ1) is 11.8. The molecule has 0 saturated carbocycles. The molecule has 2 aromatic rings. The Morgan fingerprint density at radius 2 is 2.21 bits per heavy atom. The monoisotopic (exact) mass is 344 g/mol. The molecule has 1 aromatic carbocycles. The smallest absolute Gasteiger partial charge is 0.222 e. The first-order valence-corrected chi connectivity index (χ1v) is 9.62. The van der Waals surface area contributed by atoms with Crippen molar-refractivity contribution in [3.05, 3.63) is 24.3 Å². The van der Waals surface area contributed by atoms with Gasteiger partial charge < -0.3 is 15.1 Å². The van der Waals surface area contributed by atoms with E-state index in [1.165, 1.54) is 4.70 Å². The van der Waals surface area contributed by atoms with E-state index >= 15 is 0 Å². The van der Waals surface area contributed by atoms with Crippen LogP contribution in [-0.2, 0) is 4.79 Å². The number of likely N-dealkylation sites (N-methyl/N-ethyl adjacent to an activating group) is 1. The lowest BCUT2D eigenvalue weighted by atomic mass is 9.83. The van der Waals surface area contributed by atoms with Gasteiger partial charge in [-0.15, -0.1) is 0 Å².